The third-order valence-corrected chi connectivity index (χ3v) is 3.17. The molecule has 96 valence electrons. The van der Waals surface area contributed by atoms with Crippen LogP contribution in [0.4, 0.5) is 4.39 Å². The van der Waals surface area contributed by atoms with Gasteiger partial charge in [0.2, 0.25) is 0 Å². The Morgan fingerprint density at radius 1 is 1.33 bits per heavy atom. The fraction of sp³-hybridized carbons (Fsp3) is 0.357. The number of rotatable bonds is 3. The van der Waals surface area contributed by atoms with Crippen LogP contribution in [0.3, 0.4) is 0 Å². The van der Waals surface area contributed by atoms with Crippen LogP contribution in [0.15, 0.2) is 24.3 Å². The predicted octanol–water partition coefficient (Wildman–Crippen LogP) is 2.42. The minimum absolute atomic E-state index is 0.170. The highest BCUT2D eigenvalue weighted by molar-refractivity contribution is 5.28. The molecule has 0 aliphatic heterocycles. The maximum atomic E-state index is 13.2. The van der Waals surface area contributed by atoms with E-state index in [9.17, 15) is 4.39 Å². The zero-order valence-corrected chi connectivity index (χ0v) is 10.9. The largest absolute Gasteiger partial charge is 0.322 e. The number of benzene rings is 1. The molecule has 1 unspecified atom stereocenters. The van der Waals surface area contributed by atoms with E-state index in [1.165, 1.54) is 6.07 Å². The van der Waals surface area contributed by atoms with Crippen LogP contribution < -0.4 is 5.73 Å². The summed E-state index contributed by atoms with van der Waals surface area (Å²) in [5.74, 6) is -0.219. The van der Waals surface area contributed by atoms with E-state index in [2.05, 4.69) is 5.10 Å². The van der Waals surface area contributed by atoms with E-state index in [0.29, 0.717) is 6.42 Å². The third-order valence-electron chi connectivity index (χ3n) is 3.17. The number of halogens is 1. The lowest BCUT2D eigenvalue weighted by Gasteiger charge is -2.13. The van der Waals surface area contributed by atoms with E-state index >= 15 is 0 Å². The number of aromatic nitrogens is 2. The third kappa shape index (κ3) is 2.59. The van der Waals surface area contributed by atoms with E-state index in [1.54, 1.807) is 16.8 Å². The van der Waals surface area contributed by atoms with Gasteiger partial charge in [-0.25, -0.2) is 4.39 Å². The summed E-state index contributed by atoms with van der Waals surface area (Å²) in [6.45, 7) is 3.90. The van der Waals surface area contributed by atoms with Crippen LogP contribution in [0.5, 0.6) is 0 Å². The number of hydrogen-bond acceptors (Lipinski definition) is 2. The Bertz CT molecular complexity index is 560. The molecule has 0 saturated heterocycles. The summed E-state index contributed by atoms with van der Waals surface area (Å²) in [7, 11) is 1.88. The van der Waals surface area contributed by atoms with Crippen molar-refractivity contribution >= 4 is 0 Å². The van der Waals surface area contributed by atoms with Gasteiger partial charge in [-0.05, 0) is 49.6 Å². The first kappa shape index (κ1) is 12.8. The average Bonchev–Trinajstić information content (AvgIpc) is 2.63. The number of hydrogen-bond donors (Lipinski definition) is 1. The van der Waals surface area contributed by atoms with E-state index in [0.717, 1.165) is 22.5 Å². The van der Waals surface area contributed by atoms with Gasteiger partial charge < -0.3 is 5.73 Å². The quantitative estimate of drug-likeness (QED) is 0.905. The molecule has 1 heterocycles. The molecule has 1 aromatic carbocycles. The number of nitrogens with zero attached hydrogens (tertiary/aromatic N) is 2. The number of aryl methyl sites for hydroxylation is 3. The molecule has 0 amide bonds. The monoisotopic (exact) mass is 247 g/mol. The van der Waals surface area contributed by atoms with E-state index < -0.39 is 0 Å². The molecule has 0 bridgehead atoms. The van der Waals surface area contributed by atoms with Crippen LogP contribution in [0.25, 0.3) is 0 Å². The molecular formula is C14H18FN3. The van der Waals surface area contributed by atoms with Crippen LogP contribution in [0.2, 0.25) is 0 Å². The van der Waals surface area contributed by atoms with Gasteiger partial charge in [-0.15, -0.1) is 0 Å². The standard InChI is InChI=1S/C14H18FN3/c1-9-4-5-12(15)7-11(9)8-13(16)14-6-10(2)17-18(14)3/h4-7,13H,8,16H2,1-3H3. The van der Waals surface area contributed by atoms with Crippen LogP contribution in [-0.2, 0) is 13.5 Å². The van der Waals surface area contributed by atoms with Crippen molar-refractivity contribution in [2.75, 3.05) is 0 Å². The van der Waals surface area contributed by atoms with Crippen molar-refractivity contribution in [1.82, 2.24) is 9.78 Å². The minimum Gasteiger partial charge on any atom is -0.322 e. The fourth-order valence-corrected chi connectivity index (χ4v) is 2.18. The molecule has 1 aromatic heterocycles. The van der Waals surface area contributed by atoms with Gasteiger partial charge in [0.1, 0.15) is 5.82 Å². The van der Waals surface area contributed by atoms with Crippen molar-refractivity contribution in [3.63, 3.8) is 0 Å². The Morgan fingerprint density at radius 2 is 2.06 bits per heavy atom. The van der Waals surface area contributed by atoms with Crippen LogP contribution in [-0.4, -0.2) is 9.78 Å². The smallest absolute Gasteiger partial charge is 0.123 e. The molecule has 18 heavy (non-hydrogen) atoms. The second kappa shape index (κ2) is 4.90. The molecule has 0 saturated carbocycles. The molecule has 0 radical (unpaired) electrons. The van der Waals surface area contributed by atoms with Gasteiger partial charge in [0.15, 0.2) is 0 Å². The Balaban J connectivity index is 2.23. The molecule has 4 heteroatoms. The molecular weight excluding hydrogens is 229 g/mol. The van der Waals surface area contributed by atoms with Gasteiger partial charge in [-0.3, -0.25) is 4.68 Å². The topological polar surface area (TPSA) is 43.8 Å². The summed E-state index contributed by atoms with van der Waals surface area (Å²) in [6.07, 6.45) is 0.614. The Morgan fingerprint density at radius 3 is 2.67 bits per heavy atom. The number of nitrogens with two attached hydrogens (primary N) is 1. The van der Waals surface area contributed by atoms with Gasteiger partial charge in [-0.2, -0.15) is 5.10 Å². The van der Waals surface area contributed by atoms with Crippen molar-refractivity contribution < 1.29 is 4.39 Å². The lowest BCUT2D eigenvalue weighted by atomic mass is 9.99. The zero-order valence-electron chi connectivity index (χ0n) is 10.9. The van der Waals surface area contributed by atoms with E-state index in [4.69, 9.17) is 5.73 Å². The first-order chi connectivity index (χ1) is 8.47. The van der Waals surface area contributed by atoms with Crippen LogP contribution in [0, 0.1) is 19.7 Å². The second-order valence-corrected chi connectivity index (χ2v) is 4.72. The van der Waals surface area contributed by atoms with Crippen molar-refractivity contribution in [3.05, 3.63) is 52.6 Å². The summed E-state index contributed by atoms with van der Waals surface area (Å²) in [5, 5.41) is 4.28. The van der Waals surface area contributed by atoms with E-state index in [1.807, 2.05) is 27.0 Å². The normalized spacial score (nSPS) is 12.7. The fourth-order valence-electron chi connectivity index (χ4n) is 2.18. The van der Waals surface area contributed by atoms with Gasteiger partial charge in [0.25, 0.3) is 0 Å². The maximum absolute atomic E-state index is 13.2. The summed E-state index contributed by atoms with van der Waals surface area (Å²) in [4.78, 5) is 0. The van der Waals surface area contributed by atoms with Crippen molar-refractivity contribution in [2.24, 2.45) is 12.8 Å². The molecule has 2 N–H and O–H groups in total. The van der Waals surface area contributed by atoms with Gasteiger partial charge in [0, 0.05) is 7.05 Å². The highest BCUT2D eigenvalue weighted by Gasteiger charge is 2.13. The molecule has 2 rings (SSSR count). The van der Waals surface area contributed by atoms with Gasteiger partial charge in [0.05, 0.1) is 17.4 Å². The van der Waals surface area contributed by atoms with Crippen LogP contribution in [0.1, 0.15) is 28.6 Å². The Hall–Kier alpha value is -1.68. The first-order valence-electron chi connectivity index (χ1n) is 5.98. The zero-order chi connectivity index (χ0) is 13.3. The molecule has 3 nitrogen and oxygen atoms in total. The molecule has 0 aliphatic rings. The van der Waals surface area contributed by atoms with Crippen molar-refractivity contribution in [2.45, 2.75) is 26.3 Å². The summed E-state index contributed by atoms with van der Waals surface area (Å²) in [5.41, 5.74) is 10.1. The maximum Gasteiger partial charge on any atom is 0.123 e. The highest BCUT2D eigenvalue weighted by atomic mass is 19.1. The predicted molar refractivity (Wildman–Crippen MR) is 69.7 cm³/mol. The minimum atomic E-state index is -0.219. The Labute approximate surface area is 106 Å². The Kier molecular flexibility index (Phi) is 3.48. The molecule has 1 atom stereocenters. The van der Waals surface area contributed by atoms with Gasteiger partial charge >= 0.3 is 0 Å². The summed E-state index contributed by atoms with van der Waals surface area (Å²) < 4.78 is 15.0. The summed E-state index contributed by atoms with van der Waals surface area (Å²) in [6, 6.07) is 6.61. The lowest BCUT2D eigenvalue weighted by molar-refractivity contribution is 0.602. The van der Waals surface area contributed by atoms with Crippen molar-refractivity contribution in [3.8, 4) is 0 Å². The van der Waals surface area contributed by atoms with Crippen LogP contribution >= 0.6 is 0 Å². The van der Waals surface area contributed by atoms with Gasteiger partial charge in [-0.1, -0.05) is 6.07 Å². The second-order valence-electron chi connectivity index (χ2n) is 4.72. The SMILES string of the molecule is Cc1cc(C(N)Cc2cc(F)ccc2C)n(C)n1. The first-order valence-corrected chi connectivity index (χ1v) is 5.98. The molecule has 0 spiro atoms. The lowest BCUT2D eigenvalue weighted by Crippen LogP contribution is -2.17. The molecule has 0 fully saturated rings. The highest BCUT2D eigenvalue weighted by Crippen LogP contribution is 2.19. The molecule has 2 aromatic rings. The summed E-state index contributed by atoms with van der Waals surface area (Å²) >= 11 is 0. The molecule has 0 aliphatic carbocycles. The van der Waals surface area contributed by atoms with E-state index in [-0.39, 0.29) is 11.9 Å². The van der Waals surface area contributed by atoms with Crippen molar-refractivity contribution in [1.29, 1.82) is 0 Å². The average molecular weight is 247 g/mol.